The van der Waals surface area contributed by atoms with E-state index in [9.17, 15) is 19.5 Å². The van der Waals surface area contributed by atoms with Gasteiger partial charge in [0.05, 0.1) is 26.4 Å². The van der Waals surface area contributed by atoms with Crippen LogP contribution in [-0.2, 0) is 30.3 Å². The highest BCUT2D eigenvalue weighted by atomic mass is 16.5. The van der Waals surface area contributed by atoms with E-state index in [1.54, 1.807) is 12.1 Å². The molecule has 0 spiro atoms. The summed E-state index contributed by atoms with van der Waals surface area (Å²) < 4.78 is 10.6. The van der Waals surface area contributed by atoms with Gasteiger partial charge in [-0.2, -0.15) is 0 Å². The topological polar surface area (TPSA) is 175 Å². The molecular weight excluding hydrogens is 456 g/mol. The lowest BCUT2D eigenvalue weighted by atomic mass is 10.0. The molecule has 0 saturated heterocycles. The first-order chi connectivity index (χ1) is 16.7. The van der Waals surface area contributed by atoms with E-state index < -0.39 is 23.9 Å². The van der Waals surface area contributed by atoms with Gasteiger partial charge >= 0.3 is 0 Å². The smallest absolute Gasteiger partial charge is 0.243 e. The van der Waals surface area contributed by atoms with Crippen molar-refractivity contribution in [3.8, 4) is 5.75 Å². The average Bonchev–Trinajstić information content (AvgIpc) is 2.80. The predicted molar refractivity (Wildman–Crippen MR) is 129 cm³/mol. The zero-order chi connectivity index (χ0) is 26.1. The lowest BCUT2D eigenvalue weighted by molar-refractivity contribution is -0.132. The predicted octanol–water partition coefficient (Wildman–Crippen LogP) is 1.43. The summed E-state index contributed by atoms with van der Waals surface area (Å²) in [6.45, 7) is 6.88. The zero-order valence-electron chi connectivity index (χ0n) is 20.5. The van der Waals surface area contributed by atoms with Crippen molar-refractivity contribution in [2.45, 2.75) is 45.7 Å². The second-order valence-corrected chi connectivity index (χ2v) is 8.28. The van der Waals surface area contributed by atoms with E-state index >= 15 is 0 Å². The first-order valence-electron chi connectivity index (χ1n) is 11.5. The number of nitrogens with one attached hydrogen (secondary N) is 3. The van der Waals surface area contributed by atoms with Crippen LogP contribution in [-0.4, -0.2) is 74.4 Å². The molecule has 0 unspecified atom stereocenters. The number of ether oxygens (including phenoxy) is 2. The molecule has 12 nitrogen and oxygen atoms in total. The second-order valence-electron chi connectivity index (χ2n) is 8.28. The maximum atomic E-state index is 12.9. The average molecular weight is 493 g/mol. The fraction of sp³-hybridized carbons (Fsp3) is 0.609. The Morgan fingerprint density at radius 2 is 1.66 bits per heavy atom. The Morgan fingerprint density at radius 1 is 1.00 bits per heavy atom. The van der Waals surface area contributed by atoms with Crippen LogP contribution in [0.15, 0.2) is 29.4 Å². The van der Waals surface area contributed by atoms with Gasteiger partial charge in [0.1, 0.15) is 17.8 Å². The summed E-state index contributed by atoms with van der Waals surface area (Å²) in [5.74, 6) is -0.916. The quantitative estimate of drug-likeness (QED) is 0.111. The summed E-state index contributed by atoms with van der Waals surface area (Å²) in [5, 5.41) is 21.0. The van der Waals surface area contributed by atoms with Crippen LogP contribution >= 0.6 is 0 Å². The third-order valence-electron chi connectivity index (χ3n) is 4.73. The Hall–Kier alpha value is -3.34. The number of nitrogens with zero attached hydrogens (tertiary/aromatic N) is 3. The number of hydrogen-bond acceptors (Lipinski definition) is 7. The molecule has 0 radical (unpaired) electrons. The highest BCUT2D eigenvalue weighted by molar-refractivity contribution is 5.91. The molecule has 0 aliphatic rings. The Bertz CT molecular complexity index is 841. The number of azide groups is 1. The van der Waals surface area contributed by atoms with E-state index in [0.717, 1.165) is 5.56 Å². The van der Waals surface area contributed by atoms with Gasteiger partial charge in [0, 0.05) is 31.3 Å². The molecule has 0 saturated carbocycles. The van der Waals surface area contributed by atoms with Gasteiger partial charge in [0.2, 0.25) is 17.7 Å². The normalized spacial score (nSPS) is 12.3. The summed E-state index contributed by atoms with van der Waals surface area (Å²) in [6, 6.07) is 4.71. The highest BCUT2D eigenvalue weighted by Gasteiger charge is 2.27. The number of carbonyl (C=O) groups is 3. The lowest BCUT2D eigenvalue weighted by Gasteiger charge is -2.24. The SMILES string of the molecule is CC(=O)N[C@@H](CC(C)C)C(=O)N[C@@H](Cc1ccc(O)cc1)C(=O)NCCOCCOCCN=[N+]=[N-]. The number of aromatic hydroxyl groups is 1. The van der Waals surface area contributed by atoms with Crippen molar-refractivity contribution >= 4 is 17.7 Å². The molecule has 0 aromatic heterocycles. The molecule has 2 atom stereocenters. The number of rotatable bonds is 17. The monoisotopic (exact) mass is 492 g/mol. The van der Waals surface area contributed by atoms with Crippen molar-refractivity contribution in [2.75, 3.05) is 39.5 Å². The van der Waals surface area contributed by atoms with Crippen molar-refractivity contribution in [3.05, 3.63) is 40.3 Å². The van der Waals surface area contributed by atoms with Crippen LogP contribution in [0.25, 0.3) is 10.4 Å². The van der Waals surface area contributed by atoms with Gasteiger partial charge < -0.3 is 30.5 Å². The molecule has 4 N–H and O–H groups in total. The molecule has 0 aliphatic carbocycles. The van der Waals surface area contributed by atoms with E-state index in [-0.39, 0.29) is 43.7 Å². The van der Waals surface area contributed by atoms with Crippen molar-refractivity contribution in [3.63, 3.8) is 0 Å². The van der Waals surface area contributed by atoms with Crippen LogP contribution in [0.4, 0.5) is 0 Å². The number of amides is 3. The summed E-state index contributed by atoms with van der Waals surface area (Å²) in [5.41, 5.74) is 8.93. The Balaban J connectivity index is 2.65. The number of phenols is 1. The standard InChI is InChI=1S/C23H36N6O6/c1-16(2)14-20(27-17(3)30)23(33)28-21(15-18-4-6-19(31)7-5-18)22(32)25-8-10-34-12-13-35-11-9-26-29-24/h4-7,16,20-21,31H,8-15H2,1-3H3,(H,25,32)(H,27,30)(H,28,33)/t20-,21-/m0/s1. The van der Waals surface area contributed by atoms with Gasteiger partial charge in [-0.25, -0.2) is 0 Å². The van der Waals surface area contributed by atoms with E-state index in [1.807, 2.05) is 13.8 Å². The Morgan fingerprint density at radius 3 is 2.26 bits per heavy atom. The molecule has 1 aromatic rings. The summed E-state index contributed by atoms with van der Waals surface area (Å²) in [7, 11) is 0. The summed E-state index contributed by atoms with van der Waals surface area (Å²) in [4.78, 5) is 40.0. The van der Waals surface area contributed by atoms with E-state index in [0.29, 0.717) is 26.2 Å². The fourth-order valence-electron chi connectivity index (χ4n) is 3.14. The molecular formula is C23H36N6O6. The van der Waals surface area contributed by atoms with Crippen LogP contribution in [0.2, 0.25) is 0 Å². The largest absolute Gasteiger partial charge is 0.508 e. The van der Waals surface area contributed by atoms with E-state index in [2.05, 4.69) is 26.0 Å². The maximum absolute atomic E-state index is 12.9. The number of benzene rings is 1. The van der Waals surface area contributed by atoms with Gasteiger partial charge in [-0.3, -0.25) is 14.4 Å². The zero-order valence-corrected chi connectivity index (χ0v) is 20.5. The van der Waals surface area contributed by atoms with Crippen LogP contribution < -0.4 is 16.0 Å². The minimum absolute atomic E-state index is 0.0976. The van der Waals surface area contributed by atoms with Gasteiger partial charge in [-0.1, -0.05) is 31.1 Å². The van der Waals surface area contributed by atoms with Crippen molar-refractivity contribution in [1.29, 1.82) is 0 Å². The van der Waals surface area contributed by atoms with Gasteiger partial charge in [0.15, 0.2) is 0 Å². The molecule has 0 fully saturated rings. The molecule has 1 aromatic carbocycles. The maximum Gasteiger partial charge on any atom is 0.243 e. The molecule has 3 amide bonds. The molecule has 194 valence electrons. The van der Waals surface area contributed by atoms with Crippen LogP contribution in [0, 0.1) is 5.92 Å². The van der Waals surface area contributed by atoms with Gasteiger partial charge in [-0.05, 0) is 35.6 Å². The molecule has 1 rings (SSSR count). The Kier molecular flexibility index (Phi) is 14.5. The number of carbonyl (C=O) groups excluding carboxylic acids is 3. The van der Waals surface area contributed by atoms with Crippen LogP contribution in [0.5, 0.6) is 5.75 Å². The minimum atomic E-state index is -0.889. The van der Waals surface area contributed by atoms with Crippen molar-refractivity contribution in [1.82, 2.24) is 16.0 Å². The molecule has 35 heavy (non-hydrogen) atoms. The van der Waals surface area contributed by atoms with E-state index in [4.69, 9.17) is 15.0 Å². The first-order valence-corrected chi connectivity index (χ1v) is 11.5. The third kappa shape index (κ3) is 13.8. The molecule has 12 heteroatoms. The lowest BCUT2D eigenvalue weighted by Crippen LogP contribution is -2.54. The highest BCUT2D eigenvalue weighted by Crippen LogP contribution is 2.12. The second kappa shape index (κ2) is 17.1. The van der Waals surface area contributed by atoms with Crippen molar-refractivity contribution in [2.24, 2.45) is 11.0 Å². The molecule has 0 aliphatic heterocycles. The summed E-state index contributed by atoms with van der Waals surface area (Å²) in [6.07, 6.45) is 0.629. The minimum Gasteiger partial charge on any atom is -0.508 e. The molecule has 0 heterocycles. The molecule has 0 bridgehead atoms. The van der Waals surface area contributed by atoms with E-state index in [1.165, 1.54) is 19.1 Å². The number of phenolic OH excluding ortho intramolecular Hbond substituents is 1. The summed E-state index contributed by atoms with van der Waals surface area (Å²) >= 11 is 0. The Labute approximate surface area is 205 Å². The first kappa shape index (κ1) is 29.7. The van der Waals surface area contributed by atoms with Gasteiger partial charge in [-0.15, -0.1) is 0 Å². The van der Waals surface area contributed by atoms with Crippen LogP contribution in [0.3, 0.4) is 0 Å². The fourth-order valence-corrected chi connectivity index (χ4v) is 3.14. The van der Waals surface area contributed by atoms with Gasteiger partial charge in [0.25, 0.3) is 0 Å². The van der Waals surface area contributed by atoms with Crippen LogP contribution in [0.1, 0.15) is 32.8 Å². The number of hydrogen-bond donors (Lipinski definition) is 4. The third-order valence-corrected chi connectivity index (χ3v) is 4.73. The van der Waals surface area contributed by atoms with Crippen molar-refractivity contribution < 1.29 is 29.0 Å².